The van der Waals surface area contributed by atoms with E-state index in [1.165, 1.54) is 6.07 Å². The van der Waals surface area contributed by atoms with Crippen LogP contribution in [0.15, 0.2) is 42.5 Å². The summed E-state index contributed by atoms with van der Waals surface area (Å²) < 4.78 is 5.69. The Balaban J connectivity index is 2.50. The summed E-state index contributed by atoms with van der Waals surface area (Å²) in [6, 6.07) is 12.1. The first-order chi connectivity index (χ1) is 9.63. The summed E-state index contributed by atoms with van der Waals surface area (Å²) in [5.74, 6) is -0.270. The van der Waals surface area contributed by atoms with Gasteiger partial charge in [-0.15, -0.1) is 0 Å². The van der Waals surface area contributed by atoms with Gasteiger partial charge in [-0.05, 0) is 30.7 Å². The van der Waals surface area contributed by atoms with Gasteiger partial charge in [0.1, 0.15) is 5.75 Å². The lowest BCUT2D eigenvalue weighted by Gasteiger charge is -2.12. The van der Waals surface area contributed by atoms with Crippen LogP contribution < -0.4 is 4.74 Å². The van der Waals surface area contributed by atoms with Crippen LogP contribution in [0.3, 0.4) is 0 Å². The van der Waals surface area contributed by atoms with Gasteiger partial charge in [0.2, 0.25) is 0 Å². The Hall–Kier alpha value is -2.00. The smallest absolute Gasteiger partial charge is 0.335 e. The Bertz CT molecular complexity index is 623. The van der Waals surface area contributed by atoms with E-state index >= 15 is 0 Å². The van der Waals surface area contributed by atoms with Crippen LogP contribution in [0.5, 0.6) is 5.75 Å². The number of aromatic carboxylic acids is 1. The van der Waals surface area contributed by atoms with Crippen molar-refractivity contribution in [1.82, 2.24) is 0 Å². The lowest BCUT2D eigenvalue weighted by molar-refractivity contribution is 0.0697. The Morgan fingerprint density at radius 1 is 1.20 bits per heavy atom. The highest BCUT2D eigenvalue weighted by atomic mass is 35.5. The number of rotatable bonds is 5. The quantitative estimate of drug-likeness (QED) is 0.882. The molecule has 0 saturated heterocycles. The number of hydrogen-bond acceptors (Lipinski definition) is 2. The molecule has 0 aliphatic carbocycles. The van der Waals surface area contributed by atoms with E-state index < -0.39 is 5.97 Å². The third kappa shape index (κ3) is 3.11. The molecule has 0 saturated carbocycles. The van der Waals surface area contributed by atoms with Gasteiger partial charge in [-0.1, -0.05) is 36.7 Å². The average Bonchev–Trinajstić information content (AvgIpc) is 2.46. The molecule has 104 valence electrons. The Morgan fingerprint density at radius 3 is 2.65 bits per heavy atom. The Morgan fingerprint density at radius 2 is 1.95 bits per heavy atom. The molecule has 0 amide bonds. The normalized spacial score (nSPS) is 10.3. The van der Waals surface area contributed by atoms with E-state index in [0.717, 1.165) is 12.0 Å². The molecule has 4 heteroatoms. The fourth-order valence-electron chi connectivity index (χ4n) is 1.89. The van der Waals surface area contributed by atoms with Crippen LogP contribution in [0.2, 0.25) is 5.02 Å². The van der Waals surface area contributed by atoms with Crippen molar-refractivity contribution in [3.8, 4) is 16.9 Å². The van der Waals surface area contributed by atoms with E-state index in [2.05, 4.69) is 0 Å². The van der Waals surface area contributed by atoms with E-state index in [9.17, 15) is 4.79 Å². The number of carbonyl (C=O) groups is 1. The van der Waals surface area contributed by atoms with Crippen molar-refractivity contribution in [1.29, 1.82) is 0 Å². The van der Waals surface area contributed by atoms with E-state index in [1.54, 1.807) is 12.1 Å². The molecule has 0 spiro atoms. The van der Waals surface area contributed by atoms with E-state index in [0.29, 0.717) is 22.9 Å². The van der Waals surface area contributed by atoms with Crippen molar-refractivity contribution in [2.75, 3.05) is 6.61 Å². The molecule has 20 heavy (non-hydrogen) atoms. The molecule has 0 atom stereocenters. The molecule has 2 aromatic rings. The molecule has 0 radical (unpaired) electrons. The molecule has 0 unspecified atom stereocenters. The summed E-state index contributed by atoms with van der Waals surface area (Å²) in [7, 11) is 0. The third-order valence-electron chi connectivity index (χ3n) is 2.85. The zero-order valence-electron chi connectivity index (χ0n) is 11.1. The van der Waals surface area contributed by atoms with Gasteiger partial charge in [0.25, 0.3) is 0 Å². The zero-order valence-corrected chi connectivity index (χ0v) is 11.9. The number of para-hydroxylation sites is 1. The summed E-state index contributed by atoms with van der Waals surface area (Å²) >= 11 is 6.19. The first kappa shape index (κ1) is 14.4. The lowest BCUT2D eigenvalue weighted by atomic mass is 10.0. The van der Waals surface area contributed by atoms with E-state index in [4.69, 9.17) is 21.4 Å². The molecule has 3 nitrogen and oxygen atoms in total. The molecule has 0 heterocycles. The lowest BCUT2D eigenvalue weighted by Crippen LogP contribution is -1.99. The second-order valence-electron chi connectivity index (χ2n) is 4.34. The van der Waals surface area contributed by atoms with Crippen molar-refractivity contribution < 1.29 is 14.6 Å². The molecule has 0 aliphatic heterocycles. The molecule has 2 rings (SSSR count). The summed E-state index contributed by atoms with van der Waals surface area (Å²) in [4.78, 5) is 11.1. The van der Waals surface area contributed by atoms with Gasteiger partial charge in [0.15, 0.2) is 0 Å². The molecular formula is C16H15ClO3. The van der Waals surface area contributed by atoms with E-state index in [-0.39, 0.29) is 5.56 Å². The van der Waals surface area contributed by atoms with Crippen LogP contribution in [0.25, 0.3) is 11.1 Å². The highest BCUT2D eigenvalue weighted by Gasteiger charge is 2.12. The predicted molar refractivity (Wildman–Crippen MR) is 79.6 cm³/mol. The summed E-state index contributed by atoms with van der Waals surface area (Å²) in [6.07, 6.45) is 0.900. The number of ether oxygens (including phenoxy) is 1. The number of carboxylic acids is 1. The molecule has 2 aromatic carbocycles. The van der Waals surface area contributed by atoms with Gasteiger partial charge in [0, 0.05) is 16.1 Å². The third-order valence-corrected chi connectivity index (χ3v) is 3.18. The summed E-state index contributed by atoms with van der Waals surface area (Å²) in [5, 5.41) is 9.59. The highest BCUT2D eigenvalue weighted by molar-refractivity contribution is 6.33. The van der Waals surface area contributed by atoms with Gasteiger partial charge in [-0.3, -0.25) is 0 Å². The maximum absolute atomic E-state index is 11.1. The maximum Gasteiger partial charge on any atom is 0.335 e. The number of hydrogen-bond donors (Lipinski definition) is 1. The fraction of sp³-hybridized carbons (Fsp3) is 0.188. The van der Waals surface area contributed by atoms with Gasteiger partial charge >= 0.3 is 5.97 Å². The van der Waals surface area contributed by atoms with Crippen molar-refractivity contribution in [3.63, 3.8) is 0 Å². The van der Waals surface area contributed by atoms with Crippen LogP contribution in [0, 0.1) is 0 Å². The van der Waals surface area contributed by atoms with Crippen molar-refractivity contribution >= 4 is 17.6 Å². The van der Waals surface area contributed by atoms with Gasteiger partial charge < -0.3 is 9.84 Å². The van der Waals surface area contributed by atoms with Crippen LogP contribution >= 0.6 is 11.6 Å². The molecular weight excluding hydrogens is 276 g/mol. The second-order valence-corrected chi connectivity index (χ2v) is 4.75. The molecule has 0 aromatic heterocycles. The number of benzene rings is 2. The SMILES string of the molecule is CCCOc1ccccc1-c1cc(C(=O)O)ccc1Cl. The topological polar surface area (TPSA) is 46.5 Å². The minimum atomic E-state index is -0.977. The van der Waals surface area contributed by atoms with Gasteiger partial charge in [-0.25, -0.2) is 4.79 Å². The molecule has 0 bridgehead atoms. The van der Waals surface area contributed by atoms with Crippen LogP contribution in [-0.4, -0.2) is 17.7 Å². The van der Waals surface area contributed by atoms with Crippen LogP contribution in [-0.2, 0) is 0 Å². The minimum absolute atomic E-state index is 0.203. The van der Waals surface area contributed by atoms with Crippen LogP contribution in [0.4, 0.5) is 0 Å². The molecule has 1 N–H and O–H groups in total. The first-order valence-electron chi connectivity index (χ1n) is 6.38. The zero-order chi connectivity index (χ0) is 14.5. The molecule has 0 aliphatic rings. The highest BCUT2D eigenvalue weighted by Crippen LogP contribution is 2.35. The van der Waals surface area contributed by atoms with Crippen molar-refractivity contribution in [2.24, 2.45) is 0 Å². The largest absolute Gasteiger partial charge is 0.493 e. The maximum atomic E-state index is 11.1. The van der Waals surface area contributed by atoms with Crippen molar-refractivity contribution in [2.45, 2.75) is 13.3 Å². The molecule has 0 fully saturated rings. The summed E-state index contributed by atoms with van der Waals surface area (Å²) in [5.41, 5.74) is 1.67. The van der Waals surface area contributed by atoms with Crippen LogP contribution in [0.1, 0.15) is 23.7 Å². The second kappa shape index (κ2) is 6.44. The van der Waals surface area contributed by atoms with Crippen molar-refractivity contribution in [3.05, 3.63) is 53.1 Å². The summed E-state index contributed by atoms with van der Waals surface area (Å²) in [6.45, 7) is 2.63. The van der Waals surface area contributed by atoms with Gasteiger partial charge in [0.05, 0.1) is 12.2 Å². The first-order valence-corrected chi connectivity index (χ1v) is 6.76. The number of halogens is 1. The standard InChI is InChI=1S/C16H15ClO3/c1-2-9-20-15-6-4-3-5-12(15)13-10-11(16(18)19)7-8-14(13)17/h3-8,10H,2,9H2,1H3,(H,18,19). The van der Waals surface area contributed by atoms with Gasteiger partial charge in [-0.2, -0.15) is 0 Å². The monoisotopic (exact) mass is 290 g/mol. The average molecular weight is 291 g/mol. The fourth-order valence-corrected chi connectivity index (χ4v) is 2.11. The Kier molecular flexibility index (Phi) is 4.64. The predicted octanol–water partition coefficient (Wildman–Crippen LogP) is 4.49. The Labute approximate surface area is 122 Å². The number of carboxylic acid groups (broad SMARTS) is 1. The van der Waals surface area contributed by atoms with E-state index in [1.807, 2.05) is 31.2 Å². The minimum Gasteiger partial charge on any atom is -0.493 e.